The summed E-state index contributed by atoms with van der Waals surface area (Å²) in [5, 5.41) is 1.21. The number of rotatable bonds is 2. The smallest absolute Gasteiger partial charge is 0.341 e. The highest BCUT2D eigenvalue weighted by atomic mass is 19.1. The molecule has 0 radical (unpaired) electrons. The molecule has 2 nitrogen and oxygen atoms in total. The molecule has 0 aromatic heterocycles. The Morgan fingerprint density at radius 1 is 1.25 bits per heavy atom. The zero-order valence-corrected chi connectivity index (χ0v) is 8.87. The minimum atomic E-state index is -0.620. The van der Waals surface area contributed by atoms with Crippen molar-refractivity contribution in [1.29, 1.82) is 0 Å². The van der Waals surface area contributed by atoms with Gasteiger partial charge in [-0.2, -0.15) is 0 Å². The van der Waals surface area contributed by atoms with Crippen LogP contribution in [0.25, 0.3) is 10.8 Å². The second-order valence-electron chi connectivity index (χ2n) is 3.37. The summed E-state index contributed by atoms with van der Waals surface area (Å²) in [5.74, 6) is -1.14. The third-order valence-corrected chi connectivity index (χ3v) is 2.36. The van der Waals surface area contributed by atoms with Crippen LogP contribution in [0.15, 0.2) is 36.4 Å². The number of carbonyl (C=O) groups is 1. The van der Waals surface area contributed by atoms with Gasteiger partial charge in [0.05, 0.1) is 12.2 Å². The lowest BCUT2D eigenvalue weighted by molar-refractivity contribution is 0.0521. The summed E-state index contributed by atoms with van der Waals surface area (Å²) in [7, 11) is 0. The molecular weight excluding hydrogens is 207 g/mol. The Morgan fingerprint density at radius 2 is 2.00 bits per heavy atom. The molecule has 16 heavy (non-hydrogen) atoms. The zero-order chi connectivity index (χ0) is 11.5. The molecule has 3 heteroatoms. The average molecular weight is 218 g/mol. The molecule has 0 unspecified atom stereocenters. The van der Waals surface area contributed by atoms with E-state index in [1.807, 2.05) is 6.07 Å². The average Bonchev–Trinajstić information content (AvgIpc) is 2.30. The van der Waals surface area contributed by atoms with Crippen LogP contribution in [-0.2, 0) is 4.74 Å². The number of halogens is 1. The summed E-state index contributed by atoms with van der Waals surface area (Å²) in [6.45, 7) is 1.93. The minimum absolute atomic E-state index is 0.0134. The van der Waals surface area contributed by atoms with Crippen molar-refractivity contribution >= 4 is 16.7 Å². The molecule has 0 saturated heterocycles. The van der Waals surface area contributed by atoms with Crippen molar-refractivity contribution in [2.24, 2.45) is 0 Å². The zero-order valence-electron chi connectivity index (χ0n) is 8.87. The molecule has 0 amide bonds. The van der Waals surface area contributed by atoms with E-state index in [-0.39, 0.29) is 12.2 Å². The van der Waals surface area contributed by atoms with Gasteiger partial charge in [-0.15, -0.1) is 0 Å². The highest BCUT2D eigenvalue weighted by Crippen LogP contribution is 2.21. The fraction of sp³-hybridized carbons (Fsp3) is 0.154. The van der Waals surface area contributed by atoms with Crippen LogP contribution in [0, 0.1) is 5.82 Å². The first-order valence-electron chi connectivity index (χ1n) is 5.08. The molecule has 0 aliphatic carbocycles. The highest BCUT2D eigenvalue weighted by molar-refractivity contribution is 5.96. The van der Waals surface area contributed by atoms with Crippen molar-refractivity contribution in [1.82, 2.24) is 0 Å². The number of esters is 1. The Morgan fingerprint density at radius 3 is 2.75 bits per heavy atom. The van der Waals surface area contributed by atoms with Crippen LogP contribution in [0.2, 0.25) is 0 Å². The third kappa shape index (κ3) is 1.76. The van der Waals surface area contributed by atoms with E-state index in [0.717, 1.165) is 5.39 Å². The quantitative estimate of drug-likeness (QED) is 0.724. The number of hydrogen-bond donors (Lipinski definition) is 0. The summed E-state index contributed by atoms with van der Waals surface area (Å²) in [4.78, 5) is 11.4. The predicted octanol–water partition coefficient (Wildman–Crippen LogP) is 3.16. The van der Waals surface area contributed by atoms with Crippen molar-refractivity contribution in [2.45, 2.75) is 6.92 Å². The molecule has 0 aliphatic heterocycles. The molecule has 0 fully saturated rings. The van der Waals surface area contributed by atoms with Crippen LogP contribution in [0.3, 0.4) is 0 Å². The van der Waals surface area contributed by atoms with Gasteiger partial charge < -0.3 is 4.74 Å². The maximum atomic E-state index is 13.9. The SMILES string of the molecule is CCOC(=O)c1ccc2ccccc2c1F. The fourth-order valence-electron chi connectivity index (χ4n) is 1.60. The van der Waals surface area contributed by atoms with Crippen molar-refractivity contribution in [3.63, 3.8) is 0 Å². The molecule has 0 saturated carbocycles. The van der Waals surface area contributed by atoms with E-state index >= 15 is 0 Å². The summed E-state index contributed by atoms with van der Waals surface area (Å²) >= 11 is 0. The van der Waals surface area contributed by atoms with E-state index in [1.165, 1.54) is 6.07 Å². The van der Waals surface area contributed by atoms with E-state index in [4.69, 9.17) is 4.74 Å². The van der Waals surface area contributed by atoms with E-state index in [2.05, 4.69) is 0 Å². The Hall–Kier alpha value is -1.90. The van der Waals surface area contributed by atoms with Crippen molar-refractivity contribution in [3.05, 3.63) is 47.8 Å². The van der Waals surface area contributed by atoms with Gasteiger partial charge in [0.2, 0.25) is 0 Å². The van der Waals surface area contributed by atoms with Gasteiger partial charge in [0.15, 0.2) is 0 Å². The molecule has 2 aromatic carbocycles. The number of fused-ring (bicyclic) bond motifs is 1. The molecular formula is C13H11FO2. The molecule has 0 N–H and O–H groups in total. The first-order valence-corrected chi connectivity index (χ1v) is 5.08. The van der Waals surface area contributed by atoms with E-state index in [1.54, 1.807) is 31.2 Å². The summed E-state index contributed by atoms with van der Waals surface area (Å²) in [5.41, 5.74) is -0.0134. The largest absolute Gasteiger partial charge is 0.462 e. The maximum absolute atomic E-state index is 13.9. The Balaban J connectivity index is 2.56. The molecule has 2 rings (SSSR count). The van der Waals surface area contributed by atoms with Gasteiger partial charge in [-0.3, -0.25) is 0 Å². The van der Waals surface area contributed by atoms with Crippen molar-refractivity contribution in [3.8, 4) is 0 Å². The number of hydrogen-bond acceptors (Lipinski definition) is 2. The summed E-state index contributed by atoms with van der Waals surface area (Å²) in [6.07, 6.45) is 0. The van der Waals surface area contributed by atoms with Crippen LogP contribution in [0.4, 0.5) is 4.39 Å². The van der Waals surface area contributed by atoms with Gasteiger partial charge >= 0.3 is 5.97 Å². The molecule has 0 heterocycles. The normalized spacial score (nSPS) is 10.4. The van der Waals surface area contributed by atoms with Crippen LogP contribution in [0.5, 0.6) is 0 Å². The minimum Gasteiger partial charge on any atom is -0.462 e. The number of ether oxygens (including phenoxy) is 1. The van der Waals surface area contributed by atoms with Gasteiger partial charge in [-0.1, -0.05) is 30.3 Å². The van der Waals surface area contributed by atoms with E-state index in [0.29, 0.717) is 5.39 Å². The van der Waals surface area contributed by atoms with Gasteiger partial charge in [0.1, 0.15) is 5.82 Å². The fourth-order valence-corrected chi connectivity index (χ4v) is 1.60. The highest BCUT2D eigenvalue weighted by Gasteiger charge is 2.14. The first kappa shape index (κ1) is 10.6. The van der Waals surface area contributed by atoms with Gasteiger partial charge in [0.25, 0.3) is 0 Å². The molecule has 0 aliphatic rings. The van der Waals surface area contributed by atoms with Crippen LogP contribution >= 0.6 is 0 Å². The molecule has 0 spiro atoms. The maximum Gasteiger partial charge on any atom is 0.341 e. The Labute approximate surface area is 92.6 Å². The van der Waals surface area contributed by atoms with Gasteiger partial charge in [-0.05, 0) is 18.4 Å². The van der Waals surface area contributed by atoms with Crippen LogP contribution < -0.4 is 0 Å². The summed E-state index contributed by atoms with van der Waals surface area (Å²) < 4.78 is 18.7. The van der Waals surface area contributed by atoms with Gasteiger partial charge in [0, 0.05) is 5.39 Å². The Kier molecular flexibility index (Phi) is 2.86. The van der Waals surface area contributed by atoms with Gasteiger partial charge in [-0.25, -0.2) is 9.18 Å². The lowest BCUT2D eigenvalue weighted by atomic mass is 10.1. The van der Waals surface area contributed by atoms with Crippen LogP contribution in [-0.4, -0.2) is 12.6 Å². The van der Waals surface area contributed by atoms with Crippen molar-refractivity contribution in [2.75, 3.05) is 6.61 Å². The van der Waals surface area contributed by atoms with Crippen molar-refractivity contribution < 1.29 is 13.9 Å². The third-order valence-electron chi connectivity index (χ3n) is 2.36. The predicted molar refractivity (Wildman–Crippen MR) is 59.9 cm³/mol. The monoisotopic (exact) mass is 218 g/mol. The lowest BCUT2D eigenvalue weighted by Crippen LogP contribution is -2.07. The number of benzene rings is 2. The first-order chi connectivity index (χ1) is 7.74. The topological polar surface area (TPSA) is 26.3 Å². The van der Waals surface area contributed by atoms with E-state index in [9.17, 15) is 9.18 Å². The second kappa shape index (κ2) is 4.31. The summed E-state index contributed by atoms with van der Waals surface area (Å²) in [6, 6.07) is 10.2. The number of carbonyl (C=O) groups excluding carboxylic acids is 1. The standard InChI is InChI=1S/C13H11FO2/c1-2-16-13(15)11-8-7-9-5-3-4-6-10(9)12(11)14/h3-8H,2H2,1H3. The molecule has 82 valence electrons. The molecule has 0 atom stereocenters. The Bertz CT molecular complexity index is 534. The molecule has 0 bridgehead atoms. The lowest BCUT2D eigenvalue weighted by Gasteiger charge is -2.05. The van der Waals surface area contributed by atoms with Crippen LogP contribution in [0.1, 0.15) is 17.3 Å². The second-order valence-corrected chi connectivity index (χ2v) is 3.37. The molecule has 2 aromatic rings. The van der Waals surface area contributed by atoms with E-state index < -0.39 is 11.8 Å².